The molecule has 0 unspecified atom stereocenters. The van der Waals surface area contributed by atoms with Gasteiger partial charge in [0.05, 0.1) is 36.3 Å². The quantitative estimate of drug-likeness (QED) is 0.290. The maximum atomic E-state index is 13.5. The second kappa shape index (κ2) is 14.7. The van der Waals surface area contributed by atoms with Gasteiger partial charge < -0.3 is 20.1 Å². The third kappa shape index (κ3) is 12.1. The zero-order valence-corrected chi connectivity index (χ0v) is 24.6. The number of nitrogens with one attached hydrogen (secondary N) is 2. The van der Waals surface area contributed by atoms with E-state index in [1.807, 2.05) is 19.2 Å². The highest BCUT2D eigenvalue weighted by molar-refractivity contribution is 7.85. The summed E-state index contributed by atoms with van der Waals surface area (Å²) in [4.78, 5) is 8.71. The molecule has 3 aromatic rings. The molecule has 1 aromatic heterocycles. The molecule has 222 valence electrons. The average molecular weight is 623 g/mol. The number of benzene rings is 2. The van der Waals surface area contributed by atoms with Crippen molar-refractivity contribution in [2.45, 2.75) is 37.8 Å². The van der Waals surface area contributed by atoms with E-state index >= 15 is 0 Å². The van der Waals surface area contributed by atoms with Gasteiger partial charge in [-0.05, 0) is 57.0 Å². The standard InChI is InChI=1S/C22H24ClFN4O2.2CH4O3S/c1-25-13-3-6-15(7-4-13)30-21-10-16-19(11-20(21)29-2)26-12-27-22(16)28-14-5-8-18(24)17(23)9-14;2*1-5(2,3)4/h5,8-13,15,25H,3-4,6-7H2,1-2H3,(H,26,27,28);2*1H3,(H,2,3,4). The zero-order valence-electron chi connectivity index (χ0n) is 22.3. The van der Waals surface area contributed by atoms with Crippen molar-refractivity contribution < 1.29 is 39.8 Å². The average Bonchev–Trinajstić information content (AvgIpc) is 2.85. The summed E-state index contributed by atoms with van der Waals surface area (Å²) >= 11 is 5.90. The second-order valence-electron chi connectivity index (χ2n) is 8.84. The van der Waals surface area contributed by atoms with Crippen LogP contribution in [0.1, 0.15) is 25.7 Å². The first-order valence-electron chi connectivity index (χ1n) is 11.8. The molecule has 12 nitrogen and oxygen atoms in total. The van der Waals surface area contributed by atoms with Crippen molar-refractivity contribution >= 4 is 54.2 Å². The molecule has 1 aliphatic rings. The van der Waals surface area contributed by atoms with E-state index in [9.17, 15) is 21.2 Å². The molecule has 4 rings (SSSR count). The first-order chi connectivity index (χ1) is 18.6. The Morgan fingerprint density at radius 2 is 1.57 bits per heavy atom. The maximum Gasteiger partial charge on any atom is 0.261 e. The molecular formula is C24H32ClFN4O8S2. The van der Waals surface area contributed by atoms with Gasteiger partial charge in [0.1, 0.15) is 18.0 Å². The summed E-state index contributed by atoms with van der Waals surface area (Å²) in [5.41, 5.74) is 1.34. The van der Waals surface area contributed by atoms with Crippen molar-refractivity contribution in [3.63, 3.8) is 0 Å². The number of nitrogens with zero attached hydrogens (tertiary/aromatic N) is 2. The van der Waals surface area contributed by atoms with Crippen LogP contribution in [0.15, 0.2) is 36.7 Å². The monoisotopic (exact) mass is 622 g/mol. The van der Waals surface area contributed by atoms with Crippen LogP contribution in [-0.2, 0) is 20.2 Å². The summed E-state index contributed by atoms with van der Waals surface area (Å²) in [5, 5.41) is 7.34. The number of hydrogen-bond acceptors (Lipinski definition) is 10. The predicted molar refractivity (Wildman–Crippen MR) is 151 cm³/mol. The van der Waals surface area contributed by atoms with Gasteiger partial charge in [0.2, 0.25) is 0 Å². The molecule has 1 heterocycles. The van der Waals surface area contributed by atoms with E-state index in [2.05, 4.69) is 20.6 Å². The Hall–Kier alpha value is -2.82. The van der Waals surface area contributed by atoms with E-state index in [1.165, 1.54) is 18.5 Å². The molecule has 16 heteroatoms. The van der Waals surface area contributed by atoms with Crippen LogP contribution in [0.2, 0.25) is 5.02 Å². The molecule has 0 amide bonds. The first kappa shape index (κ1) is 33.4. The van der Waals surface area contributed by atoms with Crippen molar-refractivity contribution in [2.24, 2.45) is 0 Å². The van der Waals surface area contributed by atoms with Crippen molar-refractivity contribution in [1.82, 2.24) is 15.3 Å². The molecule has 0 aliphatic heterocycles. The highest BCUT2D eigenvalue weighted by Crippen LogP contribution is 2.37. The SMILES string of the molecule is CNC1CCC(Oc2cc3c(Nc4ccc(F)c(Cl)c4)ncnc3cc2OC)CC1.CS(=O)(=O)O.CS(=O)(=O)O. The lowest BCUT2D eigenvalue weighted by molar-refractivity contribution is 0.137. The molecule has 1 aliphatic carbocycles. The molecule has 1 saturated carbocycles. The Kier molecular flexibility index (Phi) is 12.3. The predicted octanol–water partition coefficient (Wildman–Crippen LogP) is 4.09. The molecule has 4 N–H and O–H groups in total. The van der Waals surface area contributed by atoms with Gasteiger partial charge in [-0.1, -0.05) is 11.6 Å². The Morgan fingerprint density at radius 1 is 0.975 bits per heavy atom. The number of rotatable bonds is 6. The number of methoxy groups -OCH3 is 1. The fourth-order valence-corrected chi connectivity index (χ4v) is 3.96. The van der Waals surface area contributed by atoms with Crippen molar-refractivity contribution in [3.8, 4) is 11.5 Å². The van der Waals surface area contributed by atoms with Gasteiger partial charge in [-0.2, -0.15) is 16.8 Å². The fraction of sp³-hybridized carbons (Fsp3) is 0.417. The van der Waals surface area contributed by atoms with Gasteiger partial charge in [0.25, 0.3) is 20.2 Å². The Bertz CT molecular complexity index is 1460. The van der Waals surface area contributed by atoms with Gasteiger partial charge in [-0.3, -0.25) is 9.11 Å². The highest BCUT2D eigenvalue weighted by atomic mass is 35.5. The fourth-order valence-electron chi connectivity index (χ4n) is 3.77. The Balaban J connectivity index is 0.000000482. The lowest BCUT2D eigenvalue weighted by Gasteiger charge is -2.29. The minimum absolute atomic E-state index is 0.0428. The normalized spacial score (nSPS) is 17.1. The third-order valence-electron chi connectivity index (χ3n) is 5.48. The van der Waals surface area contributed by atoms with Crippen LogP contribution in [0, 0.1) is 5.82 Å². The number of fused-ring (bicyclic) bond motifs is 1. The summed E-state index contributed by atoms with van der Waals surface area (Å²) in [7, 11) is -3.71. The zero-order chi connectivity index (χ0) is 30.1. The number of anilines is 2. The van der Waals surface area contributed by atoms with Crippen LogP contribution < -0.4 is 20.1 Å². The lowest BCUT2D eigenvalue weighted by Crippen LogP contribution is -2.34. The molecule has 0 atom stereocenters. The second-order valence-corrected chi connectivity index (χ2v) is 12.2. The Labute approximate surface area is 237 Å². The number of ether oxygens (including phenoxy) is 2. The third-order valence-corrected chi connectivity index (χ3v) is 5.77. The van der Waals surface area contributed by atoms with E-state index in [1.54, 1.807) is 13.2 Å². The summed E-state index contributed by atoms with van der Waals surface area (Å²) < 4.78 is 77.1. The Morgan fingerprint density at radius 3 is 2.10 bits per heavy atom. The molecular weight excluding hydrogens is 591 g/mol. The summed E-state index contributed by atoms with van der Waals surface area (Å²) in [6, 6.07) is 8.73. The van der Waals surface area contributed by atoms with E-state index in [0.717, 1.165) is 31.1 Å². The van der Waals surface area contributed by atoms with Crippen LogP contribution >= 0.6 is 11.6 Å². The van der Waals surface area contributed by atoms with Crippen LogP contribution in [0.25, 0.3) is 10.9 Å². The van der Waals surface area contributed by atoms with Gasteiger partial charge in [0, 0.05) is 23.2 Å². The van der Waals surface area contributed by atoms with Gasteiger partial charge >= 0.3 is 0 Å². The highest BCUT2D eigenvalue weighted by Gasteiger charge is 2.23. The van der Waals surface area contributed by atoms with Gasteiger partial charge in [-0.25, -0.2) is 14.4 Å². The summed E-state index contributed by atoms with van der Waals surface area (Å²) in [6.07, 6.45) is 7.16. The molecule has 40 heavy (non-hydrogen) atoms. The van der Waals surface area contributed by atoms with E-state index in [4.69, 9.17) is 30.2 Å². The van der Waals surface area contributed by atoms with Crippen molar-refractivity contribution in [1.29, 1.82) is 0 Å². The summed E-state index contributed by atoms with van der Waals surface area (Å²) in [5.74, 6) is 1.40. The minimum Gasteiger partial charge on any atom is -0.493 e. The molecule has 0 spiro atoms. The summed E-state index contributed by atoms with van der Waals surface area (Å²) in [6.45, 7) is 0. The number of aromatic nitrogens is 2. The number of halogens is 2. The van der Waals surface area contributed by atoms with E-state index in [-0.39, 0.29) is 11.1 Å². The number of hydrogen-bond donors (Lipinski definition) is 4. The van der Waals surface area contributed by atoms with Crippen LogP contribution in [0.3, 0.4) is 0 Å². The largest absolute Gasteiger partial charge is 0.493 e. The molecule has 2 aromatic carbocycles. The first-order valence-corrected chi connectivity index (χ1v) is 15.9. The van der Waals surface area contributed by atoms with Crippen LogP contribution in [-0.4, -0.2) is 74.7 Å². The minimum atomic E-state index is -3.67. The topological polar surface area (TPSA) is 177 Å². The maximum absolute atomic E-state index is 13.5. The van der Waals surface area contributed by atoms with E-state index in [0.29, 0.717) is 47.1 Å². The lowest BCUT2D eigenvalue weighted by atomic mass is 9.93. The van der Waals surface area contributed by atoms with E-state index < -0.39 is 26.1 Å². The molecule has 0 saturated heterocycles. The molecule has 0 bridgehead atoms. The van der Waals surface area contributed by atoms with Gasteiger partial charge in [0.15, 0.2) is 11.5 Å². The van der Waals surface area contributed by atoms with Crippen LogP contribution in [0.5, 0.6) is 11.5 Å². The van der Waals surface area contributed by atoms with Crippen molar-refractivity contribution in [3.05, 3.63) is 47.5 Å². The van der Waals surface area contributed by atoms with Crippen molar-refractivity contribution in [2.75, 3.05) is 32.0 Å². The van der Waals surface area contributed by atoms with Crippen LogP contribution in [0.4, 0.5) is 15.9 Å². The molecule has 1 fully saturated rings. The van der Waals surface area contributed by atoms with Gasteiger partial charge in [-0.15, -0.1) is 0 Å². The smallest absolute Gasteiger partial charge is 0.261 e. The molecule has 0 radical (unpaired) electrons.